The van der Waals surface area contributed by atoms with Crippen LogP contribution in [0.15, 0.2) is 18.7 Å². The summed E-state index contributed by atoms with van der Waals surface area (Å²) >= 11 is 0. The first-order chi connectivity index (χ1) is 13.2. The van der Waals surface area contributed by atoms with Crippen molar-refractivity contribution in [3.05, 3.63) is 35.7 Å². The average Bonchev–Trinajstić information content (AvgIpc) is 3.49. The summed E-state index contributed by atoms with van der Waals surface area (Å²) in [7, 11) is 1.57. The summed E-state index contributed by atoms with van der Waals surface area (Å²) in [6.45, 7) is 3.71. The van der Waals surface area contributed by atoms with Crippen LogP contribution >= 0.6 is 0 Å². The molecule has 4 nitrogen and oxygen atoms in total. The molecule has 0 spiro atoms. The van der Waals surface area contributed by atoms with E-state index in [4.69, 9.17) is 10.5 Å². The Labute approximate surface area is 162 Å². The maximum Gasteiger partial charge on any atom is 0.391 e. The molecule has 2 saturated carbocycles. The van der Waals surface area contributed by atoms with E-state index >= 15 is 0 Å². The van der Waals surface area contributed by atoms with Crippen molar-refractivity contribution in [2.24, 2.45) is 17.6 Å². The minimum atomic E-state index is -4.10. The van der Waals surface area contributed by atoms with Gasteiger partial charge in [0.1, 0.15) is 5.75 Å². The monoisotopic (exact) mass is 394 g/mol. The molecular weight excluding hydrogens is 369 g/mol. The van der Waals surface area contributed by atoms with E-state index in [-0.39, 0.29) is 30.3 Å². The van der Waals surface area contributed by atoms with Gasteiger partial charge in [0.2, 0.25) is 5.91 Å². The molecule has 2 fully saturated rings. The Balaban J connectivity index is 1.83. The molecule has 0 unspecified atom stereocenters. The molecule has 1 aromatic rings. The molecule has 3 rings (SSSR count). The molecule has 1 aromatic heterocycles. The second kappa shape index (κ2) is 7.97. The number of pyridine rings is 1. The third-order valence-corrected chi connectivity index (χ3v) is 5.59. The molecule has 28 heavy (non-hydrogen) atoms. The minimum absolute atomic E-state index is 0.0867. The Morgan fingerprint density at radius 3 is 2.39 bits per heavy atom. The molecule has 0 atom stereocenters. The highest BCUT2D eigenvalue weighted by Gasteiger charge is 2.41. The number of allylic oxidation sites excluding steroid dienone is 1. The molecule has 7 heteroatoms. The number of carbonyl (C=O) groups excluding carboxylic acids is 1. The van der Waals surface area contributed by atoms with E-state index in [1.54, 1.807) is 13.2 Å². The SMILES string of the molecule is C=C(C(N)=O)c1cc(/C=C/[C@H]2CC[C@H](C(F)(F)F)CC2)c(OC)c(C2CC2)n1. The molecule has 1 amide bonds. The van der Waals surface area contributed by atoms with Gasteiger partial charge in [-0.1, -0.05) is 18.7 Å². The number of hydrogen-bond donors (Lipinski definition) is 1. The van der Waals surface area contributed by atoms with Crippen molar-refractivity contribution >= 4 is 17.6 Å². The number of amides is 1. The number of hydrogen-bond acceptors (Lipinski definition) is 3. The number of primary amides is 1. The van der Waals surface area contributed by atoms with E-state index in [9.17, 15) is 18.0 Å². The average molecular weight is 394 g/mol. The number of ether oxygens (including phenoxy) is 1. The molecule has 2 N–H and O–H groups in total. The second-order valence-corrected chi connectivity index (χ2v) is 7.64. The number of methoxy groups -OCH3 is 1. The largest absolute Gasteiger partial charge is 0.494 e. The number of carbonyl (C=O) groups is 1. The van der Waals surface area contributed by atoms with Crippen molar-refractivity contribution in [3.8, 4) is 5.75 Å². The fraction of sp³-hybridized carbons (Fsp3) is 0.524. The number of nitrogens with zero attached hydrogens (tertiary/aromatic N) is 1. The maximum absolute atomic E-state index is 12.8. The molecular formula is C21H25F3N2O2. The number of aromatic nitrogens is 1. The Bertz CT molecular complexity index is 790. The van der Waals surface area contributed by atoms with Crippen LogP contribution < -0.4 is 10.5 Å². The second-order valence-electron chi connectivity index (χ2n) is 7.64. The van der Waals surface area contributed by atoms with Crippen LogP contribution in [-0.4, -0.2) is 24.2 Å². The Hall–Kier alpha value is -2.31. The van der Waals surface area contributed by atoms with Crippen molar-refractivity contribution < 1.29 is 22.7 Å². The third kappa shape index (κ3) is 4.56. The molecule has 1 heterocycles. The maximum atomic E-state index is 12.8. The molecule has 0 aliphatic heterocycles. The van der Waals surface area contributed by atoms with Crippen molar-refractivity contribution in [1.29, 1.82) is 0 Å². The number of halogens is 3. The Morgan fingerprint density at radius 1 is 1.25 bits per heavy atom. The van der Waals surface area contributed by atoms with Gasteiger partial charge in [0.15, 0.2) is 0 Å². The lowest BCUT2D eigenvalue weighted by Gasteiger charge is -2.28. The predicted octanol–water partition coefficient (Wildman–Crippen LogP) is 4.85. The van der Waals surface area contributed by atoms with Crippen LogP contribution in [0.25, 0.3) is 11.6 Å². The van der Waals surface area contributed by atoms with Gasteiger partial charge in [-0.05, 0) is 50.5 Å². The van der Waals surface area contributed by atoms with Gasteiger partial charge >= 0.3 is 6.18 Å². The molecule has 0 saturated heterocycles. The highest BCUT2D eigenvalue weighted by atomic mass is 19.4. The first kappa shape index (κ1) is 20.4. The summed E-state index contributed by atoms with van der Waals surface area (Å²) in [5.74, 6) is -0.822. The predicted molar refractivity (Wildman–Crippen MR) is 102 cm³/mol. The van der Waals surface area contributed by atoms with Crippen LogP contribution in [0.1, 0.15) is 61.4 Å². The van der Waals surface area contributed by atoms with E-state index in [1.807, 2.05) is 12.2 Å². The molecule has 0 aromatic carbocycles. The number of nitrogens with two attached hydrogens (primary N) is 1. The zero-order valence-electron chi connectivity index (χ0n) is 15.9. The van der Waals surface area contributed by atoms with E-state index in [2.05, 4.69) is 11.6 Å². The lowest BCUT2D eigenvalue weighted by molar-refractivity contribution is -0.183. The van der Waals surface area contributed by atoms with Crippen LogP contribution in [-0.2, 0) is 4.79 Å². The minimum Gasteiger partial charge on any atom is -0.494 e. The first-order valence-corrected chi connectivity index (χ1v) is 9.53. The van der Waals surface area contributed by atoms with Gasteiger partial charge in [-0.3, -0.25) is 4.79 Å². The Morgan fingerprint density at radius 2 is 1.89 bits per heavy atom. The van der Waals surface area contributed by atoms with Crippen molar-refractivity contribution in [2.45, 2.75) is 50.6 Å². The van der Waals surface area contributed by atoms with E-state index < -0.39 is 18.0 Å². The smallest absolute Gasteiger partial charge is 0.391 e. The molecule has 152 valence electrons. The van der Waals surface area contributed by atoms with Crippen molar-refractivity contribution in [1.82, 2.24) is 4.98 Å². The number of rotatable bonds is 6. The summed E-state index contributed by atoms with van der Waals surface area (Å²) in [5, 5.41) is 0. The fourth-order valence-corrected chi connectivity index (χ4v) is 3.71. The lowest BCUT2D eigenvalue weighted by Crippen LogP contribution is -2.27. The third-order valence-electron chi connectivity index (χ3n) is 5.59. The van der Waals surface area contributed by atoms with Crippen LogP contribution in [0, 0.1) is 11.8 Å². The van der Waals surface area contributed by atoms with Crippen LogP contribution in [0.2, 0.25) is 0 Å². The van der Waals surface area contributed by atoms with Gasteiger partial charge in [0.25, 0.3) is 0 Å². The topological polar surface area (TPSA) is 65.2 Å². The van der Waals surface area contributed by atoms with Gasteiger partial charge in [-0.25, -0.2) is 4.98 Å². The molecule has 0 radical (unpaired) electrons. The van der Waals surface area contributed by atoms with E-state index in [1.165, 1.54) is 0 Å². The first-order valence-electron chi connectivity index (χ1n) is 9.53. The zero-order valence-corrected chi connectivity index (χ0v) is 15.9. The van der Waals surface area contributed by atoms with Crippen LogP contribution in [0.4, 0.5) is 13.2 Å². The highest BCUT2D eigenvalue weighted by Crippen LogP contribution is 2.45. The van der Waals surface area contributed by atoms with Gasteiger partial charge in [-0.15, -0.1) is 0 Å². The Kier molecular flexibility index (Phi) is 5.82. The van der Waals surface area contributed by atoms with Gasteiger partial charge in [0.05, 0.1) is 30.0 Å². The van der Waals surface area contributed by atoms with Crippen molar-refractivity contribution in [2.75, 3.05) is 7.11 Å². The molecule has 0 bridgehead atoms. The highest BCUT2D eigenvalue weighted by molar-refractivity contribution is 6.17. The summed E-state index contributed by atoms with van der Waals surface area (Å²) in [4.78, 5) is 16.1. The van der Waals surface area contributed by atoms with Gasteiger partial charge < -0.3 is 10.5 Å². The molecule has 2 aliphatic carbocycles. The lowest BCUT2D eigenvalue weighted by atomic mass is 9.81. The van der Waals surface area contributed by atoms with Crippen molar-refractivity contribution in [3.63, 3.8) is 0 Å². The standard InChI is InChI=1S/C21H25F3N2O2/c1-12(20(25)27)17-11-15(19(28-2)18(26-17)14-7-8-14)6-3-13-4-9-16(10-5-13)21(22,23)24/h3,6,11,13-14,16H,1,4-5,7-10H2,2H3,(H2,25,27)/b6-3+/t13-,16-. The van der Waals surface area contributed by atoms with Crippen LogP contribution in [0.3, 0.4) is 0 Å². The fourth-order valence-electron chi connectivity index (χ4n) is 3.71. The van der Waals surface area contributed by atoms with E-state index in [0.29, 0.717) is 24.3 Å². The summed E-state index contributed by atoms with van der Waals surface area (Å²) < 4.78 is 44.1. The quantitative estimate of drug-likeness (QED) is 0.702. The summed E-state index contributed by atoms with van der Waals surface area (Å²) in [6, 6.07) is 1.70. The number of alkyl halides is 3. The van der Waals surface area contributed by atoms with Crippen LogP contribution in [0.5, 0.6) is 5.75 Å². The normalized spacial score (nSPS) is 23.0. The zero-order chi connectivity index (χ0) is 20.5. The summed E-state index contributed by atoms with van der Waals surface area (Å²) in [5.41, 5.74) is 7.42. The molecule has 2 aliphatic rings. The summed E-state index contributed by atoms with van der Waals surface area (Å²) in [6.07, 6.45) is 3.02. The van der Waals surface area contributed by atoms with E-state index in [0.717, 1.165) is 24.1 Å². The van der Waals surface area contributed by atoms with Gasteiger partial charge in [-0.2, -0.15) is 13.2 Å². The van der Waals surface area contributed by atoms with Gasteiger partial charge in [0, 0.05) is 11.5 Å².